The lowest BCUT2D eigenvalue weighted by molar-refractivity contribution is -0.130. The Labute approximate surface area is 173 Å². The number of para-hydroxylation sites is 1. The summed E-state index contributed by atoms with van der Waals surface area (Å²) in [6, 6.07) is 12.5. The van der Waals surface area contributed by atoms with Crippen LogP contribution in [0.5, 0.6) is 0 Å². The number of aromatic nitrogens is 1. The average Bonchev–Trinajstić information content (AvgIpc) is 3.10. The SMILES string of the molecule is CN(Cc1nc2ccccc2s1)C(=O)CCCN(C)S(=O)(=O)c1ccc(F)cc1. The van der Waals surface area contributed by atoms with E-state index in [0.29, 0.717) is 13.0 Å². The number of halogens is 1. The van der Waals surface area contributed by atoms with Gasteiger partial charge in [0, 0.05) is 27.1 Å². The third-order valence-corrected chi connectivity index (χ3v) is 7.41. The van der Waals surface area contributed by atoms with E-state index in [1.807, 2.05) is 24.3 Å². The fraction of sp³-hybridized carbons (Fsp3) is 0.300. The molecule has 0 spiro atoms. The number of hydrogen-bond donors (Lipinski definition) is 0. The highest BCUT2D eigenvalue weighted by molar-refractivity contribution is 7.89. The molecule has 0 radical (unpaired) electrons. The Balaban J connectivity index is 1.51. The summed E-state index contributed by atoms with van der Waals surface area (Å²) in [5, 5.41) is 0.859. The van der Waals surface area contributed by atoms with Crippen LogP contribution in [0.1, 0.15) is 17.8 Å². The largest absolute Gasteiger partial charge is 0.339 e. The van der Waals surface area contributed by atoms with Crippen LogP contribution in [0.3, 0.4) is 0 Å². The number of benzene rings is 2. The molecule has 9 heteroatoms. The van der Waals surface area contributed by atoms with Gasteiger partial charge >= 0.3 is 0 Å². The van der Waals surface area contributed by atoms with Crippen molar-refractivity contribution in [2.24, 2.45) is 0 Å². The zero-order chi connectivity index (χ0) is 21.0. The first-order valence-electron chi connectivity index (χ1n) is 9.07. The van der Waals surface area contributed by atoms with E-state index < -0.39 is 15.8 Å². The molecule has 0 aliphatic carbocycles. The minimum absolute atomic E-state index is 0.0284. The lowest BCUT2D eigenvalue weighted by atomic mass is 10.3. The monoisotopic (exact) mass is 435 g/mol. The van der Waals surface area contributed by atoms with E-state index in [1.165, 1.54) is 23.5 Å². The quantitative estimate of drug-likeness (QED) is 0.543. The minimum atomic E-state index is -3.70. The molecule has 154 valence electrons. The van der Waals surface area contributed by atoms with Gasteiger partial charge in [0.1, 0.15) is 10.8 Å². The van der Waals surface area contributed by atoms with Crippen LogP contribution in [0.4, 0.5) is 4.39 Å². The number of thiazole rings is 1. The third kappa shape index (κ3) is 5.17. The molecule has 29 heavy (non-hydrogen) atoms. The topological polar surface area (TPSA) is 70.6 Å². The van der Waals surface area contributed by atoms with E-state index in [9.17, 15) is 17.6 Å². The van der Waals surface area contributed by atoms with Crippen molar-refractivity contribution in [3.63, 3.8) is 0 Å². The summed E-state index contributed by atoms with van der Waals surface area (Å²) in [5.41, 5.74) is 0.918. The van der Waals surface area contributed by atoms with E-state index in [-0.39, 0.29) is 23.8 Å². The van der Waals surface area contributed by atoms with Gasteiger partial charge in [0.25, 0.3) is 0 Å². The maximum Gasteiger partial charge on any atom is 0.242 e. The summed E-state index contributed by atoms with van der Waals surface area (Å²) < 4.78 is 40.2. The van der Waals surface area contributed by atoms with Crippen molar-refractivity contribution < 1.29 is 17.6 Å². The summed E-state index contributed by atoms with van der Waals surface area (Å²) in [6.07, 6.45) is 0.616. The van der Waals surface area contributed by atoms with Crippen LogP contribution < -0.4 is 0 Å². The number of carbonyl (C=O) groups excluding carboxylic acids is 1. The van der Waals surface area contributed by atoms with Crippen LogP contribution in [0.25, 0.3) is 10.2 Å². The predicted molar refractivity (Wildman–Crippen MR) is 112 cm³/mol. The number of rotatable bonds is 8. The molecule has 1 heterocycles. The fourth-order valence-corrected chi connectivity index (χ4v) is 5.06. The van der Waals surface area contributed by atoms with E-state index >= 15 is 0 Å². The lowest BCUT2D eigenvalue weighted by Crippen LogP contribution is -2.30. The van der Waals surface area contributed by atoms with E-state index in [1.54, 1.807) is 23.3 Å². The van der Waals surface area contributed by atoms with Crippen molar-refractivity contribution in [3.8, 4) is 0 Å². The van der Waals surface area contributed by atoms with Crippen LogP contribution in [0.2, 0.25) is 0 Å². The first-order chi connectivity index (χ1) is 13.8. The summed E-state index contributed by atoms with van der Waals surface area (Å²) in [7, 11) is -0.536. The molecule has 0 fully saturated rings. The Hall–Kier alpha value is -2.36. The summed E-state index contributed by atoms with van der Waals surface area (Å²) in [4.78, 5) is 18.6. The van der Waals surface area contributed by atoms with Crippen LogP contribution in [0.15, 0.2) is 53.4 Å². The van der Waals surface area contributed by atoms with Crippen LogP contribution in [-0.2, 0) is 21.4 Å². The van der Waals surface area contributed by atoms with E-state index in [2.05, 4.69) is 4.98 Å². The molecular formula is C20H22FN3O3S2. The van der Waals surface area contributed by atoms with Crippen molar-refractivity contribution in [2.45, 2.75) is 24.3 Å². The molecule has 3 aromatic rings. The van der Waals surface area contributed by atoms with E-state index in [0.717, 1.165) is 27.4 Å². The summed E-state index contributed by atoms with van der Waals surface area (Å²) >= 11 is 1.55. The van der Waals surface area contributed by atoms with Crippen LogP contribution in [-0.4, -0.2) is 49.2 Å². The fourth-order valence-electron chi connectivity index (χ4n) is 2.83. The maximum absolute atomic E-state index is 13.0. The highest BCUT2D eigenvalue weighted by Gasteiger charge is 2.21. The molecule has 0 aliphatic heterocycles. The first kappa shape index (κ1) is 21.4. The number of sulfonamides is 1. The molecule has 0 saturated carbocycles. The molecule has 0 unspecified atom stereocenters. The molecule has 1 amide bonds. The standard InChI is InChI=1S/C20H22FN3O3S2/c1-23(14-19-22-17-6-3-4-7-18(17)28-19)20(25)8-5-13-24(2)29(26,27)16-11-9-15(21)10-12-16/h3-4,6-7,9-12H,5,8,13-14H2,1-2H3. The van der Waals surface area contributed by atoms with Gasteiger partial charge in [-0.05, 0) is 42.8 Å². The molecule has 0 aliphatic rings. The number of fused-ring (bicyclic) bond motifs is 1. The van der Waals surface area contributed by atoms with Gasteiger partial charge in [0.2, 0.25) is 15.9 Å². The van der Waals surface area contributed by atoms with Gasteiger partial charge in [-0.25, -0.2) is 22.1 Å². The number of hydrogen-bond acceptors (Lipinski definition) is 5. The zero-order valence-electron chi connectivity index (χ0n) is 16.2. The third-order valence-electron chi connectivity index (χ3n) is 4.52. The zero-order valence-corrected chi connectivity index (χ0v) is 17.8. The minimum Gasteiger partial charge on any atom is -0.339 e. The molecule has 2 aromatic carbocycles. The summed E-state index contributed by atoms with van der Waals surface area (Å²) in [6.45, 7) is 0.613. The predicted octanol–water partition coefficient (Wildman–Crippen LogP) is 3.49. The smallest absolute Gasteiger partial charge is 0.242 e. The maximum atomic E-state index is 13.0. The molecule has 3 rings (SSSR count). The van der Waals surface area contributed by atoms with Crippen molar-refractivity contribution in [1.29, 1.82) is 0 Å². The van der Waals surface area contributed by atoms with Crippen molar-refractivity contribution in [2.75, 3.05) is 20.6 Å². The molecule has 1 aromatic heterocycles. The number of nitrogens with zero attached hydrogens (tertiary/aromatic N) is 3. The first-order valence-corrected chi connectivity index (χ1v) is 11.3. The Morgan fingerprint density at radius 2 is 1.79 bits per heavy atom. The van der Waals surface area contributed by atoms with Crippen molar-refractivity contribution >= 4 is 37.5 Å². The second-order valence-electron chi connectivity index (χ2n) is 6.71. The van der Waals surface area contributed by atoms with Gasteiger partial charge in [-0.15, -0.1) is 11.3 Å². The van der Waals surface area contributed by atoms with Gasteiger partial charge in [0.05, 0.1) is 21.7 Å². The van der Waals surface area contributed by atoms with Gasteiger partial charge in [0.15, 0.2) is 0 Å². The van der Waals surface area contributed by atoms with Gasteiger partial charge in [-0.3, -0.25) is 4.79 Å². The van der Waals surface area contributed by atoms with E-state index in [4.69, 9.17) is 0 Å². The van der Waals surface area contributed by atoms with Gasteiger partial charge < -0.3 is 4.90 Å². The van der Waals surface area contributed by atoms with Crippen LogP contribution >= 0.6 is 11.3 Å². The second-order valence-corrected chi connectivity index (χ2v) is 9.87. The van der Waals surface area contributed by atoms with Gasteiger partial charge in [-0.2, -0.15) is 0 Å². The molecule has 0 saturated heterocycles. The Kier molecular flexibility index (Phi) is 6.61. The molecule has 6 nitrogen and oxygen atoms in total. The van der Waals surface area contributed by atoms with Crippen molar-refractivity contribution in [1.82, 2.24) is 14.2 Å². The number of carbonyl (C=O) groups is 1. The molecule has 0 bridgehead atoms. The molecule has 0 N–H and O–H groups in total. The van der Waals surface area contributed by atoms with Crippen LogP contribution in [0, 0.1) is 5.82 Å². The highest BCUT2D eigenvalue weighted by Crippen LogP contribution is 2.22. The van der Waals surface area contributed by atoms with Gasteiger partial charge in [-0.1, -0.05) is 12.1 Å². The number of amides is 1. The van der Waals surface area contributed by atoms with Crippen molar-refractivity contribution in [3.05, 3.63) is 59.4 Å². The normalized spacial score (nSPS) is 11.9. The summed E-state index contributed by atoms with van der Waals surface area (Å²) in [5.74, 6) is -0.565. The second kappa shape index (κ2) is 8.98. The lowest BCUT2D eigenvalue weighted by Gasteiger charge is -2.19. The Bertz CT molecular complexity index is 1060. The average molecular weight is 436 g/mol. The Morgan fingerprint density at radius 3 is 2.48 bits per heavy atom. The molecular weight excluding hydrogens is 413 g/mol. The highest BCUT2D eigenvalue weighted by atomic mass is 32.2. The Morgan fingerprint density at radius 1 is 1.10 bits per heavy atom. The molecule has 0 atom stereocenters.